The minimum atomic E-state index is -0.513. The van der Waals surface area contributed by atoms with Crippen molar-refractivity contribution in [2.24, 2.45) is 0 Å². The van der Waals surface area contributed by atoms with E-state index < -0.39 is 11.9 Å². The van der Waals surface area contributed by atoms with Crippen LogP contribution in [0.5, 0.6) is 0 Å². The van der Waals surface area contributed by atoms with E-state index in [2.05, 4.69) is 5.32 Å². The van der Waals surface area contributed by atoms with Gasteiger partial charge < -0.3 is 9.88 Å². The molecule has 1 N–H and O–H groups in total. The normalized spacial score (nSPS) is 11.9. The van der Waals surface area contributed by atoms with E-state index >= 15 is 0 Å². The van der Waals surface area contributed by atoms with Gasteiger partial charge in [0, 0.05) is 24.5 Å². The quantitative estimate of drug-likeness (QED) is 0.716. The van der Waals surface area contributed by atoms with Crippen LogP contribution in [0.25, 0.3) is 0 Å². The highest BCUT2D eigenvalue weighted by Gasteiger charge is 2.20. The Labute approximate surface area is 144 Å². The predicted molar refractivity (Wildman–Crippen MR) is 93.7 cm³/mol. The zero-order valence-electron chi connectivity index (χ0n) is 12.8. The monoisotopic (exact) mass is 342 g/mol. The minimum Gasteiger partial charge on any atom is -0.342 e. The maximum Gasteiger partial charge on any atom is 0.247 e. The molecule has 0 aliphatic carbocycles. The smallest absolute Gasteiger partial charge is 0.247 e. The molecule has 3 aromatic rings. The Bertz CT molecular complexity index is 819. The fourth-order valence-corrected chi connectivity index (χ4v) is 2.71. The average molecular weight is 343 g/mol. The predicted octanol–water partition coefficient (Wildman–Crippen LogP) is 4.70. The molecule has 3 nitrogen and oxygen atoms in total. The van der Waals surface area contributed by atoms with Gasteiger partial charge in [-0.15, -0.1) is 0 Å². The van der Waals surface area contributed by atoms with Crippen molar-refractivity contribution in [2.75, 3.05) is 5.32 Å². The van der Waals surface area contributed by atoms with E-state index in [0.717, 1.165) is 5.56 Å². The van der Waals surface area contributed by atoms with Crippen LogP contribution in [0.3, 0.4) is 0 Å². The van der Waals surface area contributed by atoms with Crippen LogP contribution in [0.1, 0.15) is 11.6 Å². The molecule has 1 aromatic heterocycles. The van der Waals surface area contributed by atoms with Crippen LogP contribution < -0.4 is 5.32 Å². The molecule has 0 saturated heterocycles. The van der Waals surface area contributed by atoms with E-state index in [1.807, 2.05) is 59.4 Å². The Morgan fingerprint density at radius 3 is 2.46 bits per heavy atom. The zero-order chi connectivity index (χ0) is 16.9. The zero-order valence-corrected chi connectivity index (χ0v) is 13.6. The number of carbonyl (C=O) groups is 1. The van der Waals surface area contributed by atoms with Crippen LogP contribution in [-0.4, -0.2) is 10.5 Å². The summed E-state index contributed by atoms with van der Waals surface area (Å²) < 4.78 is 15.1. The van der Waals surface area contributed by atoms with Crippen LogP contribution in [0.2, 0.25) is 5.02 Å². The first-order chi connectivity index (χ1) is 11.6. The minimum absolute atomic E-state index is 0.0200. The molecule has 5 heteroatoms. The van der Waals surface area contributed by atoms with Gasteiger partial charge in [0.1, 0.15) is 11.9 Å². The van der Waals surface area contributed by atoms with Gasteiger partial charge in [-0.05, 0) is 35.9 Å². The third-order valence-electron chi connectivity index (χ3n) is 3.75. The molecule has 0 fully saturated rings. The number of rotatable bonds is 5. The van der Waals surface area contributed by atoms with E-state index in [4.69, 9.17) is 11.6 Å². The molecule has 0 aliphatic heterocycles. The molecule has 1 heterocycles. The number of hydrogen-bond acceptors (Lipinski definition) is 1. The van der Waals surface area contributed by atoms with Crippen molar-refractivity contribution < 1.29 is 9.18 Å². The number of halogens is 2. The fourth-order valence-electron chi connectivity index (χ4n) is 2.53. The Morgan fingerprint density at radius 1 is 1.08 bits per heavy atom. The van der Waals surface area contributed by atoms with Gasteiger partial charge in [-0.1, -0.05) is 41.9 Å². The van der Waals surface area contributed by atoms with Crippen molar-refractivity contribution in [3.05, 3.63) is 89.5 Å². The molecule has 0 unspecified atom stereocenters. The standard InChI is InChI=1S/C19H16ClFN2O/c20-16-13-15(8-9-17(16)21)22-19(24)18(23-10-4-5-11-23)12-14-6-2-1-3-7-14/h1-11,13,18H,12H2,(H,22,24)/t18-/m0/s1. The van der Waals surface area contributed by atoms with Crippen molar-refractivity contribution in [2.45, 2.75) is 12.5 Å². The van der Waals surface area contributed by atoms with Crippen molar-refractivity contribution in [3.63, 3.8) is 0 Å². The van der Waals surface area contributed by atoms with Gasteiger partial charge in [0.15, 0.2) is 0 Å². The summed E-state index contributed by atoms with van der Waals surface area (Å²) in [6.45, 7) is 0. The van der Waals surface area contributed by atoms with Crippen LogP contribution in [-0.2, 0) is 11.2 Å². The lowest BCUT2D eigenvalue weighted by molar-refractivity contribution is -0.119. The average Bonchev–Trinajstić information content (AvgIpc) is 3.11. The number of amides is 1. The first-order valence-electron chi connectivity index (χ1n) is 7.56. The summed E-state index contributed by atoms with van der Waals surface area (Å²) in [4.78, 5) is 12.7. The van der Waals surface area contributed by atoms with E-state index in [9.17, 15) is 9.18 Å². The second-order valence-corrected chi connectivity index (χ2v) is 5.86. The highest BCUT2D eigenvalue weighted by molar-refractivity contribution is 6.31. The van der Waals surface area contributed by atoms with Crippen molar-refractivity contribution in [1.82, 2.24) is 4.57 Å². The number of carbonyl (C=O) groups excluding carboxylic acids is 1. The third kappa shape index (κ3) is 3.84. The number of nitrogens with one attached hydrogen (secondary N) is 1. The van der Waals surface area contributed by atoms with Gasteiger partial charge in [0.2, 0.25) is 5.91 Å². The lowest BCUT2D eigenvalue weighted by atomic mass is 10.0. The molecule has 1 amide bonds. The summed E-state index contributed by atoms with van der Waals surface area (Å²) in [5.41, 5.74) is 1.53. The molecule has 3 rings (SSSR count). The highest BCUT2D eigenvalue weighted by atomic mass is 35.5. The van der Waals surface area contributed by atoms with Crippen molar-refractivity contribution >= 4 is 23.2 Å². The van der Waals surface area contributed by atoms with Crippen LogP contribution >= 0.6 is 11.6 Å². The molecular formula is C19H16ClFN2O. The first-order valence-corrected chi connectivity index (χ1v) is 7.93. The topological polar surface area (TPSA) is 34.0 Å². The number of nitrogens with zero attached hydrogens (tertiary/aromatic N) is 1. The summed E-state index contributed by atoms with van der Waals surface area (Å²) in [7, 11) is 0. The van der Waals surface area contributed by atoms with Gasteiger partial charge in [-0.3, -0.25) is 4.79 Å². The maximum absolute atomic E-state index is 13.3. The van der Waals surface area contributed by atoms with Crippen LogP contribution in [0, 0.1) is 5.82 Å². The van der Waals surface area contributed by atoms with Gasteiger partial charge in [-0.2, -0.15) is 0 Å². The summed E-state index contributed by atoms with van der Waals surface area (Å²) in [5, 5.41) is 2.79. The molecule has 1 atom stereocenters. The Morgan fingerprint density at radius 2 is 1.79 bits per heavy atom. The van der Waals surface area contributed by atoms with Crippen LogP contribution in [0.15, 0.2) is 73.1 Å². The molecule has 24 heavy (non-hydrogen) atoms. The molecule has 0 saturated carbocycles. The first kappa shape index (κ1) is 16.3. The Kier molecular flexibility index (Phi) is 4.96. The molecular weight excluding hydrogens is 327 g/mol. The highest BCUT2D eigenvalue weighted by Crippen LogP contribution is 2.22. The second-order valence-electron chi connectivity index (χ2n) is 5.45. The molecule has 2 aromatic carbocycles. The number of aromatic nitrogens is 1. The summed E-state index contributed by atoms with van der Waals surface area (Å²) >= 11 is 5.77. The summed E-state index contributed by atoms with van der Waals surface area (Å²) in [6, 6.07) is 17.3. The number of hydrogen-bond donors (Lipinski definition) is 1. The molecule has 122 valence electrons. The molecule has 0 aliphatic rings. The van der Waals surface area contributed by atoms with E-state index in [1.165, 1.54) is 18.2 Å². The fraction of sp³-hybridized carbons (Fsp3) is 0.105. The van der Waals surface area contributed by atoms with Crippen molar-refractivity contribution in [1.29, 1.82) is 0 Å². The molecule has 0 bridgehead atoms. The van der Waals surface area contributed by atoms with Gasteiger partial charge in [-0.25, -0.2) is 4.39 Å². The van der Waals surface area contributed by atoms with Gasteiger partial charge in [0.05, 0.1) is 5.02 Å². The third-order valence-corrected chi connectivity index (χ3v) is 4.04. The summed E-state index contributed by atoms with van der Waals surface area (Å²) in [6.07, 6.45) is 4.26. The lowest BCUT2D eigenvalue weighted by Crippen LogP contribution is -2.27. The molecule has 0 spiro atoms. The van der Waals surface area contributed by atoms with Crippen molar-refractivity contribution in [3.8, 4) is 0 Å². The van der Waals surface area contributed by atoms with Crippen LogP contribution in [0.4, 0.5) is 10.1 Å². The van der Waals surface area contributed by atoms with E-state index in [0.29, 0.717) is 12.1 Å². The number of anilines is 1. The maximum atomic E-state index is 13.3. The number of benzene rings is 2. The largest absolute Gasteiger partial charge is 0.342 e. The molecule has 0 radical (unpaired) electrons. The second kappa shape index (κ2) is 7.32. The van der Waals surface area contributed by atoms with E-state index in [1.54, 1.807) is 0 Å². The van der Waals surface area contributed by atoms with E-state index in [-0.39, 0.29) is 10.9 Å². The van der Waals surface area contributed by atoms with Gasteiger partial charge in [0.25, 0.3) is 0 Å². The Balaban J connectivity index is 1.82. The SMILES string of the molecule is O=C(Nc1ccc(F)c(Cl)c1)[C@H](Cc1ccccc1)n1cccc1. The lowest BCUT2D eigenvalue weighted by Gasteiger charge is -2.19. The Hall–Kier alpha value is -2.59. The van der Waals surface area contributed by atoms with Gasteiger partial charge >= 0.3 is 0 Å². The summed E-state index contributed by atoms with van der Waals surface area (Å²) in [5.74, 6) is -0.696.